The molecular formula is C11H14ClNO4S. The number of benzene rings is 1. The molecule has 0 aliphatic heterocycles. The van der Waals surface area contributed by atoms with Gasteiger partial charge in [0, 0.05) is 0 Å². The Hall–Kier alpha value is -1.27. The Balaban J connectivity index is 3.13. The zero-order chi connectivity index (χ0) is 13.6. The third-order valence-corrected chi connectivity index (χ3v) is 3.59. The van der Waals surface area contributed by atoms with Crippen LogP contribution in [-0.2, 0) is 19.5 Å². The highest BCUT2D eigenvalue weighted by atomic mass is 35.5. The van der Waals surface area contributed by atoms with E-state index < -0.39 is 10.0 Å². The SMILES string of the molecule is CCOC(=NS(=O)(=O)c1ccccc1Cl)OCC. The highest BCUT2D eigenvalue weighted by molar-refractivity contribution is 7.90. The second-order valence-electron chi connectivity index (χ2n) is 3.13. The number of halogens is 1. The summed E-state index contributed by atoms with van der Waals surface area (Å²) >= 11 is 5.82. The van der Waals surface area contributed by atoms with E-state index in [1.54, 1.807) is 26.0 Å². The van der Waals surface area contributed by atoms with Crippen molar-refractivity contribution in [1.82, 2.24) is 0 Å². The van der Waals surface area contributed by atoms with Crippen LogP contribution in [-0.4, -0.2) is 27.7 Å². The Morgan fingerprint density at radius 1 is 1.22 bits per heavy atom. The third kappa shape index (κ3) is 3.89. The maximum atomic E-state index is 12.0. The van der Waals surface area contributed by atoms with Crippen molar-refractivity contribution in [3.8, 4) is 0 Å². The monoisotopic (exact) mass is 291 g/mol. The first-order valence-electron chi connectivity index (χ1n) is 5.36. The molecular weight excluding hydrogens is 278 g/mol. The number of hydrogen-bond donors (Lipinski definition) is 0. The van der Waals surface area contributed by atoms with Gasteiger partial charge in [-0.3, -0.25) is 0 Å². The molecule has 7 heteroatoms. The van der Waals surface area contributed by atoms with Crippen LogP contribution in [0, 0.1) is 0 Å². The molecule has 0 aliphatic carbocycles. The predicted molar refractivity (Wildman–Crippen MR) is 69.3 cm³/mol. The standard InChI is InChI=1S/C11H14ClNO4S/c1-3-16-11(17-4-2)13-18(14,15)10-8-6-5-7-9(10)12/h5-8H,3-4H2,1-2H3. The lowest BCUT2D eigenvalue weighted by atomic mass is 10.4. The zero-order valence-corrected chi connectivity index (χ0v) is 11.7. The molecule has 0 bridgehead atoms. The van der Waals surface area contributed by atoms with Crippen LogP contribution in [0.4, 0.5) is 0 Å². The fraction of sp³-hybridized carbons (Fsp3) is 0.364. The normalized spacial score (nSPS) is 10.8. The summed E-state index contributed by atoms with van der Waals surface area (Å²) < 4.78 is 37.4. The lowest BCUT2D eigenvalue weighted by Crippen LogP contribution is -2.13. The van der Waals surface area contributed by atoms with Gasteiger partial charge in [-0.15, -0.1) is 0 Å². The van der Waals surface area contributed by atoms with Crippen LogP contribution < -0.4 is 0 Å². The van der Waals surface area contributed by atoms with Crippen molar-refractivity contribution >= 4 is 27.7 Å². The second-order valence-corrected chi connectivity index (χ2v) is 5.11. The van der Waals surface area contributed by atoms with Gasteiger partial charge in [-0.05, 0) is 26.0 Å². The quantitative estimate of drug-likeness (QED) is 0.631. The minimum atomic E-state index is -3.93. The molecule has 1 aromatic carbocycles. The van der Waals surface area contributed by atoms with Gasteiger partial charge < -0.3 is 9.47 Å². The van der Waals surface area contributed by atoms with Crippen LogP contribution in [0.1, 0.15) is 13.8 Å². The summed E-state index contributed by atoms with van der Waals surface area (Å²) in [6, 6.07) is 6.05. The molecule has 1 rings (SSSR count). The summed E-state index contributed by atoms with van der Waals surface area (Å²) in [6.45, 7) is 3.93. The summed E-state index contributed by atoms with van der Waals surface area (Å²) in [5, 5.41) is 0.105. The predicted octanol–water partition coefficient (Wildman–Crippen LogP) is 2.46. The van der Waals surface area contributed by atoms with Crippen molar-refractivity contribution in [2.75, 3.05) is 13.2 Å². The molecule has 1 aromatic rings. The van der Waals surface area contributed by atoms with Crippen LogP contribution in [0.5, 0.6) is 0 Å². The molecule has 100 valence electrons. The van der Waals surface area contributed by atoms with Crippen molar-refractivity contribution in [1.29, 1.82) is 0 Å². The highest BCUT2D eigenvalue weighted by Gasteiger charge is 2.19. The van der Waals surface area contributed by atoms with Gasteiger partial charge in [-0.1, -0.05) is 28.1 Å². The van der Waals surface area contributed by atoms with E-state index in [0.29, 0.717) is 0 Å². The average molecular weight is 292 g/mol. The minimum absolute atomic E-state index is 0.0800. The van der Waals surface area contributed by atoms with E-state index in [4.69, 9.17) is 21.1 Å². The van der Waals surface area contributed by atoms with Crippen LogP contribution >= 0.6 is 11.6 Å². The van der Waals surface area contributed by atoms with Gasteiger partial charge in [0.2, 0.25) is 0 Å². The van der Waals surface area contributed by atoms with Gasteiger partial charge in [0.05, 0.1) is 18.2 Å². The fourth-order valence-corrected chi connectivity index (χ4v) is 2.54. The Morgan fingerprint density at radius 3 is 2.28 bits per heavy atom. The van der Waals surface area contributed by atoms with E-state index >= 15 is 0 Å². The molecule has 0 saturated carbocycles. The first kappa shape index (κ1) is 14.8. The zero-order valence-electron chi connectivity index (χ0n) is 10.1. The van der Waals surface area contributed by atoms with E-state index in [1.807, 2.05) is 0 Å². The molecule has 0 atom stereocenters. The summed E-state index contributed by atoms with van der Waals surface area (Å²) in [5.74, 6) is 0. The third-order valence-electron chi connectivity index (χ3n) is 1.84. The number of rotatable bonds is 4. The van der Waals surface area contributed by atoms with Crippen molar-refractivity contribution in [3.63, 3.8) is 0 Å². The van der Waals surface area contributed by atoms with E-state index in [9.17, 15) is 8.42 Å². The van der Waals surface area contributed by atoms with Crippen LogP contribution in [0.15, 0.2) is 33.6 Å². The van der Waals surface area contributed by atoms with Crippen molar-refractivity contribution < 1.29 is 17.9 Å². The maximum absolute atomic E-state index is 12.0. The van der Waals surface area contributed by atoms with Gasteiger partial charge in [0.25, 0.3) is 10.0 Å². The van der Waals surface area contributed by atoms with Crippen molar-refractivity contribution in [3.05, 3.63) is 29.3 Å². The summed E-state index contributed by atoms with van der Waals surface area (Å²) in [7, 11) is -3.93. The molecule has 0 fully saturated rings. The topological polar surface area (TPSA) is 65.0 Å². The summed E-state index contributed by atoms with van der Waals surface area (Å²) in [5.41, 5.74) is 0. The van der Waals surface area contributed by atoms with E-state index in [2.05, 4.69) is 4.40 Å². The summed E-state index contributed by atoms with van der Waals surface area (Å²) in [6.07, 6.45) is -0.278. The minimum Gasteiger partial charge on any atom is -0.450 e. The molecule has 0 amide bonds. The first-order valence-corrected chi connectivity index (χ1v) is 7.18. The average Bonchev–Trinajstić information content (AvgIpc) is 2.29. The van der Waals surface area contributed by atoms with E-state index in [1.165, 1.54) is 12.1 Å². The Bertz CT molecular complexity index is 520. The fourth-order valence-electron chi connectivity index (χ4n) is 1.14. The van der Waals surface area contributed by atoms with Crippen molar-refractivity contribution in [2.24, 2.45) is 4.40 Å². The van der Waals surface area contributed by atoms with Gasteiger partial charge in [-0.2, -0.15) is 8.42 Å². The second kappa shape index (κ2) is 6.61. The highest BCUT2D eigenvalue weighted by Crippen LogP contribution is 2.22. The van der Waals surface area contributed by atoms with Gasteiger partial charge in [0.1, 0.15) is 4.90 Å². The lowest BCUT2D eigenvalue weighted by Gasteiger charge is -2.07. The smallest absolute Gasteiger partial charge is 0.399 e. The molecule has 0 aromatic heterocycles. The molecule has 0 radical (unpaired) electrons. The lowest BCUT2D eigenvalue weighted by molar-refractivity contribution is 0.182. The van der Waals surface area contributed by atoms with Crippen molar-refractivity contribution in [2.45, 2.75) is 18.7 Å². The van der Waals surface area contributed by atoms with Gasteiger partial charge >= 0.3 is 6.08 Å². The number of nitrogens with zero attached hydrogens (tertiary/aromatic N) is 1. The van der Waals surface area contributed by atoms with Gasteiger partial charge in [-0.25, -0.2) is 0 Å². The molecule has 0 saturated heterocycles. The number of hydrogen-bond acceptors (Lipinski definition) is 4. The van der Waals surface area contributed by atoms with E-state index in [-0.39, 0.29) is 29.2 Å². The summed E-state index contributed by atoms with van der Waals surface area (Å²) in [4.78, 5) is -0.0800. The van der Waals surface area contributed by atoms with Crippen LogP contribution in [0.2, 0.25) is 5.02 Å². The Labute approximate surface area is 111 Å². The van der Waals surface area contributed by atoms with E-state index in [0.717, 1.165) is 0 Å². The molecule has 0 aliphatic rings. The number of ether oxygens (including phenoxy) is 2. The largest absolute Gasteiger partial charge is 0.450 e. The molecule has 5 nitrogen and oxygen atoms in total. The molecule has 18 heavy (non-hydrogen) atoms. The first-order chi connectivity index (χ1) is 8.51. The molecule has 0 spiro atoms. The molecule has 0 heterocycles. The Morgan fingerprint density at radius 2 is 1.78 bits per heavy atom. The molecule has 0 N–H and O–H groups in total. The van der Waals surface area contributed by atoms with Crippen LogP contribution in [0.3, 0.4) is 0 Å². The maximum Gasteiger partial charge on any atom is 0.399 e. The molecule has 0 unspecified atom stereocenters. The van der Waals surface area contributed by atoms with Gasteiger partial charge in [0.15, 0.2) is 0 Å². The van der Waals surface area contributed by atoms with Crippen LogP contribution in [0.25, 0.3) is 0 Å². The number of sulfonamides is 1. The Kier molecular flexibility index (Phi) is 5.43.